The first kappa shape index (κ1) is 15.0. The lowest BCUT2D eigenvalue weighted by Crippen LogP contribution is -2.41. The fourth-order valence-electron chi connectivity index (χ4n) is 1.68. The summed E-state index contributed by atoms with van der Waals surface area (Å²) in [5.41, 5.74) is 0.982. The maximum atomic E-state index is 11.1. The van der Waals surface area contributed by atoms with E-state index in [9.17, 15) is 4.79 Å². The van der Waals surface area contributed by atoms with E-state index in [4.69, 9.17) is 5.11 Å². The minimum absolute atomic E-state index is 0.176. The molecule has 0 amide bonds. The van der Waals surface area contributed by atoms with Crippen molar-refractivity contribution in [3.05, 3.63) is 11.8 Å². The summed E-state index contributed by atoms with van der Waals surface area (Å²) < 4.78 is 1.83. The average molecular weight is 271 g/mol. The van der Waals surface area contributed by atoms with Gasteiger partial charge in [-0.05, 0) is 19.4 Å². The summed E-state index contributed by atoms with van der Waals surface area (Å²) >= 11 is 1.64. The molecule has 0 aromatic carbocycles. The van der Waals surface area contributed by atoms with Crippen LogP contribution in [0, 0.1) is 6.92 Å². The zero-order valence-corrected chi connectivity index (χ0v) is 12.1. The van der Waals surface area contributed by atoms with Crippen LogP contribution in [0.15, 0.2) is 11.1 Å². The van der Waals surface area contributed by atoms with E-state index in [1.165, 1.54) is 0 Å². The number of nitrogens with one attached hydrogen (secondary N) is 1. The van der Waals surface area contributed by atoms with Crippen molar-refractivity contribution in [2.75, 3.05) is 5.75 Å². The number of carboxylic acids is 1. The highest BCUT2D eigenvalue weighted by molar-refractivity contribution is 7.99. The van der Waals surface area contributed by atoms with Crippen LogP contribution in [0.4, 0.5) is 0 Å². The molecule has 0 aliphatic rings. The molecule has 0 radical (unpaired) electrons. The summed E-state index contributed by atoms with van der Waals surface area (Å²) in [7, 11) is 1.90. The molecule has 0 spiro atoms. The highest BCUT2D eigenvalue weighted by atomic mass is 32.2. The fraction of sp³-hybridized carbons (Fsp3) is 0.667. The van der Waals surface area contributed by atoms with Gasteiger partial charge in [-0.15, -0.1) is 11.8 Å². The normalized spacial score (nSPS) is 12.9. The topological polar surface area (TPSA) is 67.2 Å². The Hall–Kier alpha value is -1.01. The van der Waals surface area contributed by atoms with Gasteiger partial charge in [0.15, 0.2) is 0 Å². The van der Waals surface area contributed by atoms with E-state index in [2.05, 4.69) is 10.4 Å². The monoisotopic (exact) mass is 271 g/mol. The maximum Gasteiger partial charge on any atom is 0.320 e. The predicted octanol–water partition coefficient (Wildman–Crippen LogP) is 1.66. The van der Waals surface area contributed by atoms with Crippen molar-refractivity contribution in [2.45, 2.75) is 44.3 Å². The van der Waals surface area contributed by atoms with Gasteiger partial charge in [0.2, 0.25) is 0 Å². The van der Waals surface area contributed by atoms with E-state index in [0.29, 0.717) is 6.42 Å². The molecule has 1 unspecified atom stereocenters. The Morgan fingerprint density at radius 2 is 2.28 bits per heavy atom. The van der Waals surface area contributed by atoms with Crippen LogP contribution in [-0.2, 0) is 11.8 Å². The largest absolute Gasteiger partial charge is 0.480 e. The molecule has 6 heteroatoms. The average Bonchev–Trinajstić information content (AvgIpc) is 2.55. The van der Waals surface area contributed by atoms with Crippen LogP contribution in [0.5, 0.6) is 0 Å². The van der Waals surface area contributed by atoms with Gasteiger partial charge in [0.1, 0.15) is 6.04 Å². The lowest BCUT2D eigenvalue weighted by Gasteiger charge is -2.16. The second-order valence-electron chi connectivity index (χ2n) is 4.60. The third kappa shape index (κ3) is 4.70. The summed E-state index contributed by atoms with van der Waals surface area (Å²) in [5.74, 6) is -0.0270. The summed E-state index contributed by atoms with van der Waals surface area (Å²) in [5, 5.41) is 17.5. The van der Waals surface area contributed by atoms with Crippen LogP contribution in [-0.4, -0.2) is 38.7 Å². The molecule has 0 fully saturated rings. The third-order valence-electron chi connectivity index (χ3n) is 2.45. The molecule has 0 bridgehead atoms. The quantitative estimate of drug-likeness (QED) is 0.738. The van der Waals surface area contributed by atoms with Crippen molar-refractivity contribution in [1.29, 1.82) is 0 Å². The van der Waals surface area contributed by atoms with Gasteiger partial charge in [0.25, 0.3) is 0 Å². The van der Waals surface area contributed by atoms with Crippen LogP contribution < -0.4 is 5.32 Å². The molecule has 1 heterocycles. The molecule has 1 rings (SSSR count). The Labute approximate surface area is 112 Å². The Bertz CT molecular complexity index is 404. The van der Waals surface area contributed by atoms with E-state index in [1.807, 2.05) is 38.6 Å². The van der Waals surface area contributed by atoms with Crippen molar-refractivity contribution >= 4 is 17.7 Å². The summed E-state index contributed by atoms with van der Waals surface area (Å²) in [6.45, 7) is 5.85. The Balaban J connectivity index is 2.43. The van der Waals surface area contributed by atoms with E-state index in [0.717, 1.165) is 16.5 Å². The first-order chi connectivity index (χ1) is 8.40. The van der Waals surface area contributed by atoms with Crippen LogP contribution in [0.3, 0.4) is 0 Å². The van der Waals surface area contributed by atoms with Gasteiger partial charge in [-0.2, -0.15) is 5.10 Å². The van der Waals surface area contributed by atoms with Gasteiger partial charge in [-0.25, -0.2) is 0 Å². The van der Waals surface area contributed by atoms with Crippen LogP contribution in [0.25, 0.3) is 0 Å². The van der Waals surface area contributed by atoms with Gasteiger partial charge >= 0.3 is 5.97 Å². The van der Waals surface area contributed by atoms with E-state index in [-0.39, 0.29) is 6.04 Å². The molecule has 0 saturated heterocycles. The van der Waals surface area contributed by atoms with E-state index < -0.39 is 12.0 Å². The number of aromatic nitrogens is 2. The van der Waals surface area contributed by atoms with Crippen LogP contribution >= 0.6 is 11.8 Å². The van der Waals surface area contributed by atoms with Gasteiger partial charge in [0.05, 0.1) is 10.7 Å². The van der Waals surface area contributed by atoms with Crippen molar-refractivity contribution in [2.24, 2.45) is 7.05 Å². The number of nitrogens with zero attached hydrogens (tertiary/aromatic N) is 2. The molecule has 1 aromatic heterocycles. The molecule has 102 valence electrons. The Morgan fingerprint density at radius 3 is 2.72 bits per heavy atom. The number of hydrogen-bond acceptors (Lipinski definition) is 4. The molecular weight excluding hydrogens is 250 g/mol. The van der Waals surface area contributed by atoms with Gasteiger partial charge in [-0.1, -0.05) is 13.8 Å². The van der Waals surface area contributed by atoms with Crippen molar-refractivity contribution in [3.63, 3.8) is 0 Å². The summed E-state index contributed by atoms with van der Waals surface area (Å²) in [4.78, 5) is 11.1. The zero-order valence-electron chi connectivity index (χ0n) is 11.3. The number of thioether (sulfide) groups is 1. The molecular formula is C12H21N3O2S. The lowest BCUT2D eigenvalue weighted by atomic mass is 10.2. The molecule has 18 heavy (non-hydrogen) atoms. The number of carboxylic acid groups (broad SMARTS) is 1. The number of rotatable bonds is 7. The standard InChI is InChI=1S/C12H21N3O2S/c1-8(2)13-10(12(16)17)5-6-18-11-7-9(3)14-15(11)4/h7-8,10,13H,5-6H2,1-4H3,(H,16,17). The molecule has 0 saturated carbocycles. The van der Waals surface area contributed by atoms with E-state index >= 15 is 0 Å². The molecule has 5 nitrogen and oxygen atoms in total. The second kappa shape index (κ2) is 6.80. The summed E-state index contributed by atoms with van der Waals surface area (Å²) in [6.07, 6.45) is 0.600. The molecule has 1 aromatic rings. The number of aryl methyl sites for hydroxylation is 2. The molecule has 0 aliphatic heterocycles. The predicted molar refractivity (Wildman–Crippen MR) is 73.0 cm³/mol. The van der Waals surface area contributed by atoms with Crippen LogP contribution in [0.2, 0.25) is 0 Å². The van der Waals surface area contributed by atoms with E-state index in [1.54, 1.807) is 11.8 Å². The fourth-order valence-corrected chi connectivity index (χ4v) is 2.73. The number of hydrogen-bond donors (Lipinski definition) is 2. The third-order valence-corrected chi connectivity index (χ3v) is 3.57. The van der Waals surface area contributed by atoms with Gasteiger partial charge < -0.3 is 10.4 Å². The molecule has 0 aliphatic carbocycles. The maximum absolute atomic E-state index is 11.1. The van der Waals surface area contributed by atoms with Crippen molar-refractivity contribution in [3.8, 4) is 0 Å². The first-order valence-electron chi connectivity index (χ1n) is 6.02. The Morgan fingerprint density at radius 1 is 1.61 bits per heavy atom. The number of carbonyl (C=O) groups is 1. The highest BCUT2D eigenvalue weighted by Gasteiger charge is 2.17. The SMILES string of the molecule is Cc1cc(SCCC(NC(C)C)C(=O)O)n(C)n1. The summed E-state index contributed by atoms with van der Waals surface area (Å²) in [6, 6.07) is 1.71. The Kier molecular flexibility index (Phi) is 5.68. The minimum atomic E-state index is -0.787. The zero-order chi connectivity index (χ0) is 13.7. The number of aliphatic carboxylic acids is 1. The van der Waals surface area contributed by atoms with Gasteiger partial charge in [0, 0.05) is 18.8 Å². The second-order valence-corrected chi connectivity index (χ2v) is 5.71. The van der Waals surface area contributed by atoms with Crippen molar-refractivity contribution < 1.29 is 9.90 Å². The lowest BCUT2D eigenvalue weighted by molar-refractivity contribution is -0.139. The smallest absolute Gasteiger partial charge is 0.320 e. The highest BCUT2D eigenvalue weighted by Crippen LogP contribution is 2.19. The first-order valence-corrected chi connectivity index (χ1v) is 7.01. The van der Waals surface area contributed by atoms with Gasteiger partial charge in [-0.3, -0.25) is 9.48 Å². The van der Waals surface area contributed by atoms with Crippen molar-refractivity contribution in [1.82, 2.24) is 15.1 Å². The molecule has 2 N–H and O–H groups in total. The minimum Gasteiger partial charge on any atom is -0.480 e. The molecule has 1 atom stereocenters. The van der Waals surface area contributed by atoms with Crippen LogP contribution in [0.1, 0.15) is 26.0 Å².